The van der Waals surface area contributed by atoms with Crippen LogP contribution in [0.3, 0.4) is 0 Å². The molecule has 4 aromatic rings. The van der Waals surface area contributed by atoms with Crippen LogP contribution < -0.4 is 20.7 Å². The molecule has 0 aromatic heterocycles. The van der Waals surface area contributed by atoms with Crippen molar-refractivity contribution in [1.29, 1.82) is 0 Å². The summed E-state index contributed by atoms with van der Waals surface area (Å²) < 4.78 is 0. The van der Waals surface area contributed by atoms with Crippen LogP contribution in [0, 0.1) is 0 Å². The molecule has 0 amide bonds. The molecule has 8 atom stereocenters. The largest absolute Gasteiger partial charge is 4.00 e. The topological polar surface area (TPSA) is 56.4 Å². The number of hydrogen-bond donors (Lipinski definition) is 0. The minimum atomic E-state index is -1.21. The van der Waals surface area contributed by atoms with Gasteiger partial charge in [0.1, 0.15) is 0 Å². The van der Waals surface area contributed by atoms with Crippen LogP contribution >= 0.6 is 0 Å². The average molecular weight is 1510 g/mol. The molecule has 4 nitrogen and oxygen atoms in total. The van der Waals surface area contributed by atoms with Gasteiger partial charge in [0.25, 0.3) is 0 Å². The summed E-state index contributed by atoms with van der Waals surface area (Å²) >= 11 is 0. The Morgan fingerprint density at radius 3 is 0.505 bits per heavy atom. The van der Waals surface area contributed by atoms with Gasteiger partial charge < -0.3 is 21.3 Å². The second-order valence-corrected chi connectivity index (χ2v) is 48.1. The Kier molecular flexibility index (Phi) is 31.8. The van der Waals surface area contributed by atoms with Crippen molar-refractivity contribution in [2.75, 3.05) is 0 Å². The number of benzene rings is 4. The minimum Gasteiger partial charge on any atom is -0.647 e. The van der Waals surface area contributed by atoms with Crippen LogP contribution in [-0.2, 0) is 21.7 Å². The Labute approximate surface area is 665 Å². The van der Waals surface area contributed by atoms with Crippen molar-refractivity contribution in [3.63, 3.8) is 0 Å². The summed E-state index contributed by atoms with van der Waals surface area (Å²) in [5.74, 6) is 0. The molecule has 12 rings (SSSR count). The first-order chi connectivity index (χ1) is 49.5. The maximum absolute atomic E-state index is 5.79. The SMILES string of the molecule is CC1=CC(C)([N-]C2([SiH](C)c3ccccc3)CCCCCCC2)C(C)=C1C.CC1=CC(C)([N-]C2([SiH](C)c3ccccc3)CCCCCCC2)C(C)=C1C.CC1=CC(C)([N-]C2([SiH](C)c3ccccc3)CCCCCCC2)C(C)=C1C.CC1=CC(C)([N-]C2([SiH](C)c3ccccc3)CCCCCCC2)C(C)=C1C.[Ti+4]. The number of nitrogens with zero attached hydrogens (tertiary/aromatic N) is 4. The van der Waals surface area contributed by atoms with E-state index in [1.165, 1.54) is 247 Å². The van der Waals surface area contributed by atoms with E-state index in [4.69, 9.17) is 21.3 Å². The van der Waals surface area contributed by atoms with Crippen LogP contribution in [0.15, 0.2) is 213 Å². The first kappa shape index (κ1) is 86.8. The normalized spacial score (nSPS) is 27.4. The summed E-state index contributed by atoms with van der Waals surface area (Å²) in [5, 5.41) is 30.2. The van der Waals surface area contributed by atoms with Crippen molar-refractivity contribution >= 4 is 55.9 Å². The molecule has 9 heteroatoms. The zero-order chi connectivity index (χ0) is 75.1. The van der Waals surface area contributed by atoms with Gasteiger partial charge in [-0.05, 0) is 83.1 Å². The first-order valence-corrected chi connectivity index (χ1v) is 51.4. The third-order valence-corrected chi connectivity index (χ3v) is 43.6. The van der Waals surface area contributed by atoms with Crippen LogP contribution in [0.1, 0.15) is 291 Å². The fourth-order valence-corrected chi connectivity index (χ4v) is 33.0. The molecule has 0 spiro atoms. The van der Waals surface area contributed by atoms with Gasteiger partial charge in [-0.1, -0.05) is 489 Å². The van der Waals surface area contributed by atoms with Crippen LogP contribution in [0.25, 0.3) is 21.3 Å². The summed E-state index contributed by atoms with van der Waals surface area (Å²) in [6, 6.07) is 45.2. The summed E-state index contributed by atoms with van der Waals surface area (Å²) in [5.41, 5.74) is 16.9. The molecule has 8 aliphatic carbocycles. The molecule has 0 bridgehead atoms. The maximum atomic E-state index is 5.79. The number of allylic oxidation sites excluding steroid dienone is 8. The van der Waals surface area contributed by atoms with Gasteiger partial charge in [-0.3, -0.25) is 0 Å². The molecule has 0 aliphatic heterocycles. The molecule has 105 heavy (non-hydrogen) atoms. The van der Waals surface area contributed by atoms with Crippen molar-refractivity contribution in [2.45, 2.75) is 360 Å². The zero-order valence-electron chi connectivity index (χ0n) is 70.3. The Balaban J connectivity index is 0.000000176. The summed E-state index contributed by atoms with van der Waals surface area (Å²) in [7, 11) is -4.85. The Bertz CT molecular complexity index is 3210. The third-order valence-electron chi connectivity index (χ3n) is 28.8. The molecule has 4 fully saturated rings. The Morgan fingerprint density at radius 2 is 0.371 bits per heavy atom. The second kappa shape index (κ2) is 38.4. The van der Waals surface area contributed by atoms with Gasteiger partial charge in [-0.25, -0.2) is 0 Å². The van der Waals surface area contributed by atoms with Gasteiger partial charge in [0, 0.05) is 0 Å². The van der Waals surface area contributed by atoms with Gasteiger partial charge in [0.2, 0.25) is 0 Å². The van der Waals surface area contributed by atoms with E-state index in [0.717, 1.165) is 0 Å². The van der Waals surface area contributed by atoms with Crippen LogP contribution in [0.4, 0.5) is 0 Å². The number of rotatable bonds is 16. The molecule has 0 N–H and O–H groups in total. The summed E-state index contributed by atoms with van der Waals surface area (Å²) in [4.78, 5) is 0. The summed E-state index contributed by atoms with van der Waals surface area (Å²) in [6.45, 7) is 46.9. The van der Waals surface area contributed by atoms with E-state index in [2.05, 4.69) is 283 Å². The molecular formula is C96H144N4Si4Ti. The monoisotopic (exact) mass is 1510 g/mol. The molecule has 8 unspecified atom stereocenters. The molecule has 0 radical (unpaired) electrons. The molecule has 0 saturated heterocycles. The van der Waals surface area contributed by atoms with Gasteiger partial charge in [0.15, 0.2) is 0 Å². The maximum Gasteiger partial charge on any atom is 4.00 e. The van der Waals surface area contributed by atoms with Gasteiger partial charge >= 0.3 is 21.7 Å². The first-order valence-electron chi connectivity index (χ1n) is 42.2. The van der Waals surface area contributed by atoms with Crippen molar-refractivity contribution in [1.82, 2.24) is 0 Å². The molecule has 4 saturated carbocycles. The van der Waals surface area contributed by atoms with E-state index in [-0.39, 0.29) is 64.5 Å². The van der Waals surface area contributed by atoms with E-state index in [9.17, 15) is 0 Å². The Morgan fingerprint density at radius 1 is 0.229 bits per heavy atom. The fourth-order valence-electron chi connectivity index (χ4n) is 20.4. The molecule has 8 aliphatic rings. The predicted octanol–water partition coefficient (Wildman–Crippen LogP) is 24.8. The average Bonchev–Trinajstić information content (AvgIpc) is 1.66. The van der Waals surface area contributed by atoms with E-state index >= 15 is 0 Å². The van der Waals surface area contributed by atoms with Crippen LogP contribution in [0.2, 0.25) is 26.2 Å². The third kappa shape index (κ3) is 20.7. The van der Waals surface area contributed by atoms with Crippen molar-refractivity contribution in [3.05, 3.63) is 234 Å². The van der Waals surface area contributed by atoms with Crippen molar-refractivity contribution < 1.29 is 21.7 Å². The zero-order valence-corrected chi connectivity index (χ0v) is 76.4. The van der Waals surface area contributed by atoms with Crippen molar-refractivity contribution in [2.24, 2.45) is 0 Å². The van der Waals surface area contributed by atoms with Gasteiger partial charge in [-0.15, -0.1) is 20.6 Å². The van der Waals surface area contributed by atoms with Gasteiger partial charge in [0.05, 0.1) is 35.2 Å². The molecule has 4 aromatic carbocycles. The van der Waals surface area contributed by atoms with Gasteiger partial charge in [-0.2, -0.15) is 0 Å². The molecule has 0 heterocycles. The second-order valence-electron chi connectivity index (χ2n) is 35.4. The number of hydrogen-bond acceptors (Lipinski definition) is 0. The van der Waals surface area contributed by atoms with Crippen LogP contribution in [-0.4, -0.2) is 78.0 Å². The van der Waals surface area contributed by atoms with E-state index in [1.54, 1.807) is 20.7 Å². The summed E-state index contributed by atoms with van der Waals surface area (Å²) in [6.07, 6.45) is 47.4. The van der Waals surface area contributed by atoms with E-state index in [1.807, 2.05) is 0 Å². The van der Waals surface area contributed by atoms with E-state index in [0.29, 0.717) is 0 Å². The standard InChI is InChI=1S/4C24H36NSi.Ti/c4*1-19-18-23(4,21(3)20(19)2)25-24(16-12-7-6-8-13-17-24)26(5)22-14-10-9-11-15-22;/h4*9-11,14-15,18,26H,6-8,12-13,16-17H2,1-5H3;/q4*-1;+4. The minimum absolute atomic E-state index is 0. The fraction of sp³-hybridized carbons (Fsp3) is 0.583. The Hall–Kier alpha value is -3.78. The van der Waals surface area contributed by atoms with E-state index < -0.39 is 35.2 Å². The smallest absolute Gasteiger partial charge is 0.647 e. The molecular weight excluding hydrogens is 1370 g/mol. The quantitative estimate of drug-likeness (QED) is 0.100. The predicted molar refractivity (Wildman–Crippen MR) is 472 cm³/mol. The van der Waals surface area contributed by atoms with Crippen LogP contribution in [0.5, 0.6) is 0 Å². The molecule has 568 valence electrons. The van der Waals surface area contributed by atoms with Crippen molar-refractivity contribution in [3.8, 4) is 0 Å².